The van der Waals surface area contributed by atoms with Crippen LogP contribution in [0.3, 0.4) is 0 Å². The zero-order valence-corrected chi connectivity index (χ0v) is 15.5. The topological polar surface area (TPSA) is 95.9 Å². The number of aryl methyl sites for hydroxylation is 1. The lowest BCUT2D eigenvalue weighted by Gasteiger charge is -2.14. The predicted octanol–water partition coefficient (Wildman–Crippen LogP) is 2.67. The van der Waals surface area contributed by atoms with Crippen molar-refractivity contribution < 1.29 is 24.2 Å². The monoisotopic (exact) mass is 370 g/mol. The summed E-state index contributed by atoms with van der Waals surface area (Å²) in [5.41, 5.74) is 1.94. The first kappa shape index (κ1) is 20.0. The third-order valence-corrected chi connectivity index (χ3v) is 3.97. The molecule has 0 bridgehead atoms. The van der Waals surface area contributed by atoms with Crippen LogP contribution < -0.4 is 10.1 Å². The van der Waals surface area contributed by atoms with Crippen LogP contribution in [-0.4, -0.2) is 49.0 Å². The molecular formula is C20H22N2O5. The SMILES string of the molecule is COc1ccc(C(=O)N(C)C)cc1NC(=O)CCc1ccc(C(=O)O)cc1. The lowest BCUT2D eigenvalue weighted by Crippen LogP contribution is -2.22. The summed E-state index contributed by atoms with van der Waals surface area (Å²) in [6, 6.07) is 11.3. The van der Waals surface area contributed by atoms with Crippen molar-refractivity contribution in [3.05, 3.63) is 59.2 Å². The molecule has 0 saturated heterocycles. The van der Waals surface area contributed by atoms with E-state index in [1.165, 1.54) is 24.1 Å². The Morgan fingerprint density at radius 1 is 1.04 bits per heavy atom. The molecule has 2 aromatic rings. The van der Waals surface area contributed by atoms with Crippen LogP contribution in [0, 0.1) is 0 Å². The van der Waals surface area contributed by atoms with Gasteiger partial charge in [-0.3, -0.25) is 9.59 Å². The van der Waals surface area contributed by atoms with Gasteiger partial charge in [-0.1, -0.05) is 12.1 Å². The third-order valence-electron chi connectivity index (χ3n) is 3.97. The summed E-state index contributed by atoms with van der Waals surface area (Å²) in [7, 11) is 4.79. The van der Waals surface area contributed by atoms with Crippen molar-refractivity contribution in [1.82, 2.24) is 4.90 Å². The number of hydrogen-bond donors (Lipinski definition) is 2. The van der Waals surface area contributed by atoms with Gasteiger partial charge in [0.1, 0.15) is 5.75 Å². The summed E-state index contributed by atoms with van der Waals surface area (Å²) < 4.78 is 5.24. The Kier molecular flexibility index (Phi) is 6.54. The van der Waals surface area contributed by atoms with Gasteiger partial charge >= 0.3 is 5.97 Å². The van der Waals surface area contributed by atoms with Gasteiger partial charge in [0.25, 0.3) is 5.91 Å². The number of aromatic carboxylic acids is 1. The maximum atomic E-state index is 12.3. The number of methoxy groups -OCH3 is 1. The zero-order chi connectivity index (χ0) is 20.0. The molecule has 2 amide bonds. The van der Waals surface area contributed by atoms with E-state index < -0.39 is 5.97 Å². The van der Waals surface area contributed by atoms with Gasteiger partial charge in [0.2, 0.25) is 5.91 Å². The molecule has 0 radical (unpaired) electrons. The maximum absolute atomic E-state index is 12.3. The first-order valence-electron chi connectivity index (χ1n) is 8.33. The largest absolute Gasteiger partial charge is 0.495 e. The molecule has 7 heteroatoms. The number of carbonyl (C=O) groups excluding carboxylic acids is 2. The number of carbonyl (C=O) groups is 3. The fourth-order valence-corrected chi connectivity index (χ4v) is 2.48. The number of anilines is 1. The number of hydrogen-bond acceptors (Lipinski definition) is 4. The molecule has 0 fully saturated rings. The molecule has 0 aliphatic carbocycles. The summed E-state index contributed by atoms with van der Waals surface area (Å²) in [5, 5.41) is 11.7. The van der Waals surface area contributed by atoms with Crippen molar-refractivity contribution in [2.45, 2.75) is 12.8 Å². The molecule has 2 N–H and O–H groups in total. The summed E-state index contributed by atoms with van der Waals surface area (Å²) in [6.07, 6.45) is 0.672. The maximum Gasteiger partial charge on any atom is 0.335 e. The van der Waals surface area contributed by atoms with Crippen LogP contribution in [-0.2, 0) is 11.2 Å². The molecule has 142 valence electrons. The third kappa shape index (κ3) is 5.31. The highest BCUT2D eigenvalue weighted by Gasteiger charge is 2.14. The molecule has 0 aromatic heterocycles. The molecular weight excluding hydrogens is 348 g/mol. The minimum absolute atomic E-state index is 0.174. The van der Waals surface area contributed by atoms with Gasteiger partial charge in [-0.25, -0.2) is 4.79 Å². The second-order valence-corrected chi connectivity index (χ2v) is 6.16. The molecule has 0 atom stereocenters. The number of carboxylic acids is 1. The highest BCUT2D eigenvalue weighted by atomic mass is 16.5. The average Bonchev–Trinajstić information content (AvgIpc) is 2.65. The molecule has 0 heterocycles. The average molecular weight is 370 g/mol. The van der Waals surface area contributed by atoms with Gasteiger partial charge in [-0.15, -0.1) is 0 Å². The van der Waals surface area contributed by atoms with Gasteiger partial charge in [-0.05, 0) is 42.3 Å². The number of amides is 2. The normalized spacial score (nSPS) is 10.2. The molecule has 2 aromatic carbocycles. The molecule has 2 rings (SSSR count). The fraction of sp³-hybridized carbons (Fsp3) is 0.250. The molecule has 0 aliphatic heterocycles. The number of ether oxygens (including phenoxy) is 1. The number of benzene rings is 2. The van der Waals surface area contributed by atoms with Crippen LogP contribution in [0.25, 0.3) is 0 Å². The van der Waals surface area contributed by atoms with Crippen LogP contribution in [0.15, 0.2) is 42.5 Å². The minimum Gasteiger partial charge on any atom is -0.495 e. The Labute approximate surface area is 157 Å². The van der Waals surface area contributed by atoms with E-state index in [-0.39, 0.29) is 23.8 Å². The number of nitrogens with one attached hydrogen (secondary N) is 1. The first-order valence-corrected chi connectivity index (χ1v) is 8.33. The van der Waals surface area contributed by atoms with Crippen LogP contribution in [0.1, 0.15) is 32.7 Å². The van der Waals surface area contributed by atoms with E-state index in [0.29, 0.717) is 23.4 Å². The van der Waals surface area contributed by atoms with Crippen molar-refractivity contribution in [2.75, 3.05) is 26.5 Å². The van der Waals surface area contributed by atoms with Gasteiger partial charge in [0, 0.05) is 26.1 Å². The second-order valence-electron chi connectivity index (χ2n) is 6.16. The fourth-order valence-electron chi connectivity index (χ4n) is 2.48. The molecule has 0 saturated carbocycles. The van der Waals surface area contributed by atoms with Crippen molar-refractivity contribution >= 4 is 23.5 Å². The number of carboxylic acid groups (broad SMARTS) is 1. The standard InChI is InChI=1S/C20H22N2O5/c1-22(2)19(24)15-9-10-17(27-3)16(12-15)21-18(23)11-6-13-4-7-14(8-5-13)20(25)26/h4-5,7-10,12H,6,11H2,1-3H3,(H,21,23)(H,25,26). The number of rotatable bonds is 7. The predicted molar refractivity (Wildman–Crippen MR) is 101 cm³/mol. The summed E-state index contributed by atoms with van der Waals surface area (Å²) >= 11 is 0. The Hall–Kier alpha value is -3.35. The van der Waals surface area contributed by atoms with Crippen molar-refractivity contribution in [3.63, 3.8) is 0 Å². The Balaban J connectivity index is 2.04. The first-order chi connectivity index (χ1) is 12.8. The van der Waals surface area contributed by atoms with Crippen LogP contribution in [0.5, 0.6) is 5.75 Å². The summed E-state index contributed by atoms with van der Waals surface area (Å²) in [5.74, 6) is -0.931. The van der Waals surface area contributed by atoms with Crippen LogP contribution in [0.2, 0.25) is 0 Å². The van der Waals surface area contributed by atoms with Crippen molar-refractivity contribution in [3.8, 4) is 5.75 Å². The van der Waals surface area contributed by atoms with Gasteiger partial charge in [-0.2, -0.15) is 0 Å². The number of nitrogens with zero attached hydrogens (tertiary/aromatic N) is 1. The van der Waals surface area contributed by atoms with E-state index in [1.807, 2.05) is 0 Å². The van der Waals surface area contributed by atoms with Gasteiger partial charge in [0.15, 0.2) is 0 Å². The minimum atomic E-state index is -0.987. The highest BCUT2D eigenvalue weighted by Crippen LogP contribution is 2.26. The molecule has 0 unspecified atom stereocenters. The molecule has 7 nitrogen and oxygen atoms in total. The summed E-state index contributed by atoms with van der Waals surface area (Å²) in [6.45, 7) is 0. The Morgan fingerprint density at radius 2 is 1.67 bits per heavy atom. The zero-order valence-electron chi connectivity index (χ0n) is 15.5. The van der Waals surface area contributed by atoms with Gasteiger partial charge < -0.3 is 20.1 Å². The lowest BCUT2D eigenvalue weighted by atomic mass is 10.1. The van der Waals surface area contributed by atoms with Crippen molar-refractivity contribution in [1.29, 1.82) is 0 Å². The van der Waals surface area contributed by atoms with E-state index in [1.54, 1.807) is 44.4 Å². The van der Waals surface area contributed by atoms with Crippen LogP contribution in [0.4, 0.5) is 5.69 Å². The van der Waals surface area contributed by atoms with E-state index in [4.69, 9.17) is 9.84 Å². The molecule has 0 spiro atoms. The Bertz CT molecular complexity index is 844. The van der Waals surface area contributed by atoms with Crippen molar-refractivity contribution in [2.24, 2.45) is 0 Å². The van der Waals surface area contributed by atoms with Gasteiger partial charge in [0.05, 0.1) is 18.4 Å². The second kappa shape index (κ2) is 8.84. The molecule has 0 aliphatic rings. The highest BCUT2D eigenvalue weighted by molar-refractivity contribution is 5.98. The van der Waals surface area contributed by atoms with E-state index in [0.717, 1.165) is 5.56 Å². The smallest absolute Gasteiger partial charge is 0.335 e. The van der Waals surface area contributed by atoms with E-state index in [2.05, 4.69) is 5.32 Å². The summed E-state index contributed by atoms with van der Waals surface area (Å²) in [4.78, 5) is 36.7. The quantitative estimate of drug-likeness (QED) is 0.781. The lowest BCUT2D eigenvalue weighted by molar-refractivity contribution is -0.116. The van der Waals surface area contributed by atoms with Crippen LogP contribution >= 0.6 is 0 Å². The Morgan fingerprint density at radius 3 is 2.22 bits per heavy atom. The van der Waals surface area contributed by atoms with E-state index >= 15 is 0 Å². The van der Waals surface area contributed by atoms with E-state index in [9.17, 15) is 14.4 Å². The molecule has 27 heavy (non-hydrogen) atoms.